The molecule has 1 heterocycles. The molecule has 20 heavy (non-hydrogen) atoms. The monoisotopic (exact) mass is 280 g/mol. The molecule has 1 amide bonds. The molecule has 0 aliphatic rings. The van der Waals surface area contributed by atoms with Crippen molar-refractivity contribution in [3.8, 4) is 6.07 Å². The Balaban J connectivity index is 2.90. The van der Waals surface area contributed by atoms with E-state index in [1.807, 2.05) is 19.9 Å². The van der Waals surface area contributed by atoms with Gasteiger partial charge in [-0.15, -0.1) is 0 Å². The van der Waals surface area contributed by atoms with Crippen LogP contribution in [0.25, 0.3) is 0 Å². The first-order chi connectivity index (χ1) is 9.14. The van der Waals surface area contributed by atoms with Crippen molar-refractivity contribution in [2.75, 3.05) is 5.73 Å². The van der Waals surface area contributed by atoms with Gasteiger partial charge in [0.15, 0.2) is 0 Å². The number of nitrogen functional groups attached to an aromatic ring is 1. The van der Waals surface area contributed by atoms with Crippen LogP contribution in [0.1, 0.15) is 52.2 Å². The third-order valence-corrected chi connectivity index (χ3v) is 2.38. The van der Waals surface area contributed by atoms with Gasteiger partial charge in [-0.1, -0.05) is 13.8 Å². The molecule has 0 aliphatic carbocycles. The molecular formula is C13H20N4O3. The molecule has 0 aromatic carbocycles. The third-order valence-electron chi connectivity index (χ3n) is 2.38. The number of nitriles is 1. The third kappa shape index (κ3) is 4.16. The van der Waals surface area contributed by atoms with Crippen molar-refractivity contribution in [1.82, 2.24) is 10.3 Å². The van der Waals surface area contributed by atoms with E-state index in [-0.39, 0.29) is 23.4 Å². The van der Waals surface area contributed by atoms with Gasteiger partial charge in [-0.25, -0.2) is 4.79 Å². The van der Waals surface area contributed by atoms with Gasteiger partial charge in [0.2, 0.25) is 17.5 Å². The van der Waals surface area contributed by atoms with Crippen LogP contribution in [0.15, 0.2) is 4.42 Å². The number of amides is 1. The summed E-state index contributed by atoms with van der Waals surface area (Å²) in [4.78, 5) is 15.8. The average molecular weight is 280 g/mol. The predicted molar refractivity (Wildman–Crippen MR) is 72.6 cm³/mol. The van der Waals surface area contributed by atoms with Crippen LogP contribution < -0.4 is 11.1 Å². The van der Waals surface area contributed by atoms with Crippen molar-refractivity contribution >= 4 is 12.0 Å². The molecule has 0 unspecified atom stereocenters. The van der Waals surface area contributed by atoms with Gasteiger partial charge in [-0.3, -0.25) is 0 Å². The molecule has 0 spiro atoms. The molecule has 0 bridgehead atoms. The number of nitrogens with one attached hydrogen (secondary N) is 1. The van der Waals surface area contributed by atoms with Crippen LogP contribution >= 0.6 is 0 Å². The second-order valence-electron chi connectivity index (χ2n) is 5.74. The number of alkyl carbamates (subject to hydrolysis) is 1. The molecule has 1 aromatic heterocycles. The van der Waals surface area contributed by atoms with Crippen LogP contribution in [0, 0.1) is 17.2 Å². The zero-order chi connectivity index (χ0) is 15.5. The first-order valence-electron chi connectivity index (χ1n) is 6.30. The summed E-state index contributed by atoms with van der Waals surface area (Å²) in [6, 6.07) is 1.31. The summed E-state index contributed by atoms with van der Waals surface area (Å²) < 4.78 is 10.4. The highest BCUT2D eigenvalue weighted by Crippen LogP contribution is 2.25. The van der Waals surface area contributed by atoms with Crippen molar-refractivity contribution < 1.29 is 13.9 Å². The van der Waals surface area contributed by atoms with Gasteiger partial charge in [0, 0.05) is 0 Å². The van der Waals surface area contributed by atoms with Crippen molar-refractivity contribution in [2.45, 2.75) is 46.3 Å². The highest BCUT2D eigenvalue weighted by atomic mass is 16.6. The number of nitrogens with two attached hydrogens (primary N) is 1. The number of anilines is 1. The van der Waals surface area contributed by atoms with E-state index in [1.165, 1.54) is 0 Å². The number of nitrogens with zero attached hydrogens (tertiary/aromatic N) is 2. The van der Waals surface area contributed by atoms with Crippen molar-refractivity contribution in [1.29, 1.82) is 5.26 Å². The molecule has 7 nitrogen and oxygen atoms in total. The number of carbonyl (C=O) groups excluding carboxylic acids is 1. The van der Waals surface area contributed by atoms with Crippen LogP contribution in [-0.2, 0) is 4.74 Å². The van der Waals surface area contributed by atoms with Crippen molar-refractivity contribution in [2.24, 2.45) is 5.92 Å². The second-order valence-corrected chi connectivity index (χ2v) is 5.74. The Morgan fingerprint density at radius 1 is 1.50 bits per heavy atom. The smallest absolute Gasteiger partial charge is 0.408 e. The maximum atomic E-state index is 11.8. The Bertz CT molecular complexity index is 523. The minimum absolute atomic E-state index is 0.00730. The lowest BCUT2D eigenvalue weighted by atomic mass is 10.0. The number of carbonyl (C=O) groups is 1. The molecule has 7 heteroatoms. The molecule has 1 rings (SSSR count). The molecule has 3 N–H and O–H groups in total. The van der Waals surface area contributed by atoms with Gasteiger partial charge in [0.1, 0.15) is 17.7 Å². The standard InChI is InChI=1S/C13H20N4O3/c1-7(2)9(17-12(18)20-13(3,4)5)11-16-8(6-14)10(15)19-11/h7,9H,15H2,1-5H3,(H,17,18)/t9-/m0/s1. The normalized spacial score (nSPS) is 12.8. The summed E-state index contributed by atoms with van der Waals surface area (Å²) in [6.07, 6.45) is -0.577. The highest BCUT2D eigenvalue weighted by Gasteiger charge is 2.27. The van der Waals surface area contributed by atoms with Crippen molar-refractivity contribution in [3.05, 3.63) is 11.6 Å². The minimum Gasteiger partial charge on any atom is -0.444 e. The highest BCUT2D eigenvalue weighted by molar-refractivity contribution is 5.68. The maximum absolute atomic E-state index is 11.8. The molecular weight excluding hydrogens is 260 g/mol. The van der Waals surface area contributed by atoms with E-state index in [9.17, 15) is 4.79 Å². The van der Waals surface area contributed by atoms with E-state index in [2.05, 4.69) is 10.3 Å². The molecule has 0 radical (unpaired) electrons. The largest absolute Gasteiger partial charge is 0.444 e. The fourth-order valence-corrected chi connectivity index (χ4v) is 1.51. The summed E-state index contributed by atoms with van der Waals surface area (Å²) in [5, 5.41) is 11.5. The fourth-order valence-electron chi connectivity index (χ4n) is 1.51. The zero-order valence-corrected chi connectivity index (χ0v) is 12.4. The van der Waals surface area contributed by atoms with Crippen LogP contribution in [-0.4, -0.2) is 16.7 Å². The number of ether oxygens (including phenoxy) is 1. The Morgan fingerprint density at radius 2 is 2.10 bits per heavy atom. The van der Waals surface area contributed by atoms with E-state index in [0.29, 0.717) is 0 Å². The predicted octanol–water partition coefficient (Wildman–Crippen LogP) is 2.35. The van der Waals surface area contributed by atoms with Gasteiger partial charge < -0.3 is 20.2 Å². The Hall–Kier alpha value is -2.23. The van der Waals surface area contributed by atoms with Gasteiger partial charge >= 0.3 is 6.09 Å². The van der Waals surface area contributed by atoms with E-state index in [4.69, 9.17) is 20.1 Å². The number of rotatable bonds is 3. The van der Waals surface area contributed by atoms with E-state index in [1.54, 1.807) is 20.8 Å². The van der Waals surface area contributed by atoms with Crippen molar-refractivity contribution in [3.63, 3.8) is 0 Å². The lowest BCUT2D eigenvalue weighted by Gasteiger charge is -2.23. The van der Waals surface area contributed by atoms with Gasteiger partial charge in [0.05, 0.1) is 0 Å². The lowest BCUT2D eigenvalue weighted by Crippen LogP contribution is -2.37. The fraction of sp³-hybridized carbons (Fsp3) is 0.615. The molecule has 1 aromatic rings. The van der Waals surface area contributed by atoms with E-state index in [0.717, 1.165) is 0 Å². The summed E-state index contributed by atoms with van der Waals surface area (Å²) in [7, 11) is 0. The first-order valence-corrected chi connectivity index (χ1v) is 6.30. The maximum Gasteiger partial charge on any atom is 0.408 e. The molecule has 0 saturated heterocycles. The number of aromatic nitrogens is 1. The van der Waals surface area contributed by atoms with Crippen LogP contribution in [0.2, 0.25) is 0 Å². The van der Waals surface area contributed by atoms with Crippen LogP contribution in [0.3, 0.4) is 0 Å². The average Bonchev–Trinajstić information content (AvgIpc) is 2.64. The number of hydrogen-bond acceptors (Lipinski definition) is 6. The quantitative estimate of drug-likeness (QED) is 0.878. The van der Waals surface area contributed by atoms with Crippen LogP contribution in [0.4, 0.5) is 10.7 Å². The molecule has 110 valence electrons. The Labute approximate surface area is 118 Å². The second kappa shape index (κ2) is 5.82. The molecule has 1 atom stereocenters. The van der Waals surface area contributed by atoms with E-state index >= 15 is 0 Å². The van der Waals surface area contributed by atoms with Gasteiger partial charge in [-0.2, -0.15) is 10.2 Å². The summed E-state index contributed by atoms with van der Waals surface area (Å²) in [5.41, 5.74) is 4.94. The van der Waals surface area contributed by atoms with Crippen LogP contribution in [0.5, 0.6) is 0 Å². The topological polar surface area (TPSA) is 114 Å². The summed E-state index contributed by atoms with van der Waals surface area (Å²) in [6.45, 7) is 9.08. The Kier molecular flexibility index (Phi) is 4.61. The number of oxazole rings is 1. The first kappa shape index (κ1) is 15.8. The molecule has 0 fully saturated rings. The van der Waals surface area contributed by atoms with Gasteiger partial charge in [0.25, 0.3) is 0 Å². The Morgan fingerprint density at radius 3 is 2.50 bits per heavy atom. The zero-order valence-electron chi connectivity index (χ0n) is 12.4. The summed E-state index contributed by atoms with van der Waals surface area (Å²) in [5.74, 6) is 0.131. The van der Waals surface area contributed by atoms with Gasteiger partial charge in [-0.05, 0) is 26.7 Å². The van der Waals surface area contributed by atoms with E-state index < -0.39 is 17.7 Å². The molecule has 0 saturated carbocycles. The molecule has 0 aliphatic heterocycles. The SMILES string of the molecule is CC(C)[C@H](NC(=O)OC(C)(C)C)c1nc(C#N)c(N)o1. The number of hydrogen-bond donors (Lipinski definition) is 2. The summed E-state index contributed by atoms with van der Waals surface area (Å²) >= 11 is 0. The lowest BCUT2D eigenvalue weighted by molar-refractivity contribution is 0.0479. The minimum atomic E-state index is -0.598.